The molecule has 7 heteroatoms. The number of hydrogen-bond acceptors (Lipinski definition) is 6. The highest BCUT2D eigenvalue weighted by Crippen LogP contribution is 2.44. The molecule has 1 aromatic rings. The van der Waals surface area contributed by atoms with Crippen LogP contribution >= 0.6 is 15.9 Å². The van der Waals surface area contributed by atoms with Crippen molar-refractivity contribution in [2.45, 2.75) is 19.3 Å². The van der Waals surface area contributed by atoms with Crippen LogP contribution in [0.1, 0.15) is 24.8 Å². The maximum absolute atomic E-state index is 12.3. The van der Waals surface area contributed by atoms with Crippen LogP contribution in [-0.2, 0) is 23.9 Å². The number of carbonyl (C=O) groups excluding carboxylic acids is 3. The van der Waals surface area contributed by atoms with E-state index in [-0.39, 0.29) is 24.7 Å². The molecule has 24 heavy (non-hydrogen) atoms. The number of carbonyl (C=O) groups is 3. The van der Waals surface area contributed by atoms with Crippen LogP contribution in [0.5, 0.6) is 5.75 Å². The van der Waals surface area contributed by atoms with Crippen LogP contribution < -0.4 is 4.74 Å². The second-order valence-electron chi connectivity index (χ2n) is 5.71. The fourth-order valence-corrected chi connectivity index (χ4v) is 3.45. The fraction of sp³-hybridized carbons (Fsp3) is 0.471. The minimum atomic E-state index is -1.15. The van der Waals surface area contributed by atoms with Crippen LogP contribution in [0.15, 0.2) is 22.7 Å². The lowest BCUT2D eigenvalue weighted by Gasteiger charge is -2.36. The van der Waals surface area contributed by atoms with Gasteiger partial charge in [0.05, 0.1) is 20.8 Å². The summed E-state index contributed by atoms with van der Waals surface area (Å²) in [7, 11) is 2.44. The van der Waals surface area contributed by atoms with Crippen molar-refractivity contribution >= 4 is 33.7 Å². The zero-order valence-corrected chi connectivity index (χ0v) is 15.3. The Kier molecular flexibility index (Phi) is 5.99. The number of methoxy groups -OCH3 is 2. The molecule has 0 bridgehead atoms. The van der Waals surface area contributed by atoms with Crippen LogP contribution in [-0.4, -0.2) is 38.5 Å². The molecule has 0 aliphatic carbocycles. The van der Waals surface area contributed by atoms with Crippen molar-refractivity contribution < 1.29 is 28.6 Å². The Morgan fingerprint density at radius 3 is 2.42 bits per heavy atom. The van der Waals surface area contributed by atoms with E-state index in [9.17, 15) is 14.4 Å². The Morgan fingerprint density at radius 2 is 1.88 bits per heavy atom. The fourth-order valence-electron chi connectivity index (χ4n) is 3.11. The van der Waals surface area contributed by atoms with Crippen LogP contribution in [0.4, 0.5) is 0 Å². The molecule has 0 fully saturated rings. The molecule has 2 unspecified atom stereocenters. The van der Waals surface area contributed by atoms with E-state index in [4.69, 9.17) is 14.2 Å². The van der Waals surface area contributed by atoms with E-state index in [1.807, 2.05) is 0 Å². The number of Topliss-reactive ketones (excluding diaryl/α,β-unsaturated/α-hetero) is 1. The highest BCUT2D eigenvalue weighted by atomic mass is 79.9. The number of halogens is 1. The first-order valence-electron chi connectivity index (χ1n) is 7.46. The van der Waals surface area contributed by atoms with E-state index in [1.54, 1.807) is 18.2 Å². The number of ketones is 1. The lowest BCUT2D eigenvalue weighted by atomic mass is 9.73. The Balaban J connectivity index is 2.54. The first-order valence-corrected chi connectivity index (χ1v) is 8.25. The monoisotopic (exact) mass is 398 g/mol. The van der Waals surface area contributed by atoms with Gasteiger partial charge in [-0.2, -0.15) is 0 Å². The lowest BCUT2D eigenvalue weighted by Crippen LogP contribution is -2.40. The first-order chi connectivity index (χ1) is 11.4. The molecule has 0 amide bonds. The first kappa shape index (κ1) is 18.4. The summed E-state index contributed by atoms with van der Waals surface area (Å²) in [5.41, 5.74) is 0.691. The molecular weight excluding hydrogens is 380 g/mol. The average Bonchev–Trinajstić information content (AvgIpc) is 2.55. The molecule has 2 rings (SSSR count). The standard InChI is InChI=1S/C17H19BrO6/c1-9(19)6-10-8-24-13-7-11(18)4-5-12(13)14(10)15(16(20)22-2)17(21)23-3/h4-5,7,10,14-15H,6,8H2,1-3H3. The van der Waals surface area contributed by atoms with Crippen LogP contribution in [0.25, 0.3) is 0 Å². The van der Waals surface area contributed by atoms with Gasteiger partial charge in [-0.3, -0.25) is 9.59 Å². The summed E-state index contributed by atoms with van der Waals surface area (Å²) in [6.07, 6.45) is 0.199. The summed E-state index contributed by atoms with van der Waals surface area (Å²) in [5.74, 6) is -2.85. The largest absolute Gasteiger partial charge is 0.493 e. The number of esters is 2. The Hall–Kier alpha value is -1.89. The van der Waals surface area contributed by atoms with Crippen LogP contribution in [0.2, 0.25) is 0 Å². The summed E-state index contributed by atoms with van der Waals surface area (Å²) in [4.78, 5) is 36.2. The Labute approximate surface area is 148 Å². The van der Waals surface area contributed by atoms with Crippen molar-refractivity contribution in [1.82, 2.24) is 0 Å². The van der Waals surface area contributed by atoms with E-state index in [0.717, 1.165) is 4.47 Å². The maximum atomic E-state index is 12.3. The van der Waals surface area contributed by atoms with E-state index >= 15 is 0 Å². The SMILES string of the molecule is COC(=O)C(C(=O)OC)C1c2ccc(Br)cc2OCC1CC(C)=O. The van der Waals surface area contributed by atoms with Gasteiger partial charge >= 0.3 is 11.9 Å². The predicted octanol–water partition coefficient (Wildman–Crippen LogP) is 2.48. The van der Waals surface area contributed by atoms with Crippen LogP contribution in [0.3, 0.4) is 0 Å². The quantitative estimate of drug-likeness (QED) is 0.559. The van der Waals surface area contributed by atoms with E-state index in [0.29, 0.717) is 11.3 Å². The van der Waals surface area contributed by atoms with Gasteiger partial charge in [-0.15, -0.1) is 0 Å². The van der Waals surface area contributed by atoms with Gasteiger partial charge in [-0.1, -0.05) is 22.0 Å². The van der Waals surface area contributed by atoms with Crippen molar-refractivity contribution in [2.24, 2.45) is 11.8 Å². The van der Waals surface area contributed by atoms with Gasteiger partial charge < -0.3 is 19.0 Å². The summed E-state index contributed by atoms with van der Waals surface area (Å²) >= 11 is 3.37. The molecular formula is C17H19BrO6. The molecule has 0 spiro atoms. The number of fused-ring (bicyclic) bond motifs is 1. The third-order valence-electron chi connectivity index (χ3n) is 4.11. The summed E-state index contributed by atoms with van der Waals surface area (Å²) in [6.45, 7) is 1.71. The summed E-state index contributed by atoms with van der Waals surface area (Å²) in [6, 6.07) is 5.37. The molecule has 0 radical (unpaired) electrons. The molecule has 0 saturated heterocycles. The highest BCUT2D eigenvalue weighted by Gasteiger charge is 2.45. The minimum absolute atomic E-state index is 0.0392. The topological polar surface area (TPSA) is 78.9 Å². The normalized spacial score (nSPS) is 19.2. The van der Waals surface area contributed by atoms with Crippen molar-refractivity contribution in [2.75, 3.05) is 20.8 Å². The Morgan fingerprint density at radius 1 is 1.25 bits per heavy atom. The maximum Gasteiger partial charge on any atom is 0.320 e. The zero-order valence-electron chi connectivity index (χ0n) is 13.7. The minimum Gasteiger partial charge on any atom is -0.493 e. The third kappa shape index (κ3) is 3.77. The number of rotatable bonds is 5. The smallest absolute Gasteiger partial charge is 0.320 e. The van der Waals surface area contributed by atoms with E-state index in [2.05, 4.69) is 15.9 Å². The number of ether oxygens (including phenoxy) is 3. The molecule has 0 N–H and O–H groups in total. The summed E-state index contributed by atoms with van der Waals surface area (Å²) in [5, 5.41) is 0. The molecule has 6 nitrogen and oxygen atoms in total. The molecule has 0 saturated carbocycles. The van der Waals surface area contributed by atoms with Gasteiger partial charge in [0, 0.05) is 22.7 Å². The second kappa shape index (κ2) is 7.79. The molecule has 130 valence electrons. The van der Waals surface area contributed by atoms with Gasteiger partial charge in [0.2, 0.25) is 0 Å². The molecule has 1 aliphatic rings. The lowest BCUT2D eigenvalue weighted by molar-refractivity contribution is -0.161. The predicted molar refractivity (Wildman–Crippen MR) is 88.7 cm³/mol. The van der Waals surface area contributed by atoms with Crippen molar-refractivity contribution in [3.05, 3.63) is 28.2 Å². The number of benzene rings is 1. The number of hydrogen-bond donors (Lipinski definition) is 0. The molecule has 2 atom stereocenters. The van der Waals surface area contributed by atoms with Gasteiger partial charge in [0.1, 0.15) is 11.5 Å². The van der Waals surface area contributed by atoms with Crippen molar-refractivity contribution in [3.8, 4) is 5.75 Å². The Bertz CT molecular complexity index is 640. The molecule has 1 heterocycles. The van der Waals surface area contributed by atoms with Gasteiger partial charge in [0.25, 0.3) is 0 Å². The van der Waals surface area contributed by atoms with Gasteiger partial charge in [0.15, 0.2) is 5.92 Å². The zero-order chi connectivity index (χ0) is 17.9. The highest BCUT2D eigenvalue weighted by molar-refractivity contribution is 9.10. The van der Waals surface area contributed by atoms with Gasteiger partial charge in [-0.25, -0.2) is 0 Å². The van der Waals surface area contributed by atoms with Crippen molar-refractivity contribution in [1.29, 1.82) is 0 Å². The van der Waals surface area contributed by atoms with Crippen LogP contribution in [0, 0.1) is 11.8 Å². The second-order valence-corrected chi connectivity index (χ2v) is 6.62. The molecule has 1 aliphatic heterocycles. The van der Waals surface area contributed by atoms with E-state index in [1.165, 1.54) is 21.1 Å². The van der Waals surface area contributed by atoms with Crippen molar-refractivity contribution in [3.63, 3.8) is 0 Å². The third-order valence-corrected chi connectivity index (χ3v) is 4.61. The molecule has 1 aromatic carbocycles. The average molecular weight is 399 g/mol. The summed E-state index contributed by atoms with van der Waals surface area (Å²) < 4.78 is 16.2. The van der Waals surface area contributed by atoms with Gasteiger partial charge in [-0.05, 0) is 24.6 Å². The molecule has 0 aromatic heterocycles. The van der Waals surface area contributed by atoms with E-state index < -0.39 is 23.8 Å².